The molecule has 6 nitrogen and oxygen atoms in total. The summed E-state index contributed by atoms with van der Waals surface area (Å²) in [5.41, 5.74) is -2.64. The minimum Gasteiger partial charge on any atom is -0.295 e. The van der Waals surface area contributed by atoms with Crippen LogP contribution in [0.5, 0.6) is 0 Å². The second-order valence-electron chi connectivity index (χ2n) is 6.79. The lowest BCUT2D eigenvalue weighted by Gasteiger charge is -2.25. The van der Waals surface area contributed by atoms with Crippen LogP contribution in [-0.2, 0) is 11.0 Å². The molecule has 0 spiro atoms. The SMILES string of the molecule is N#CC1C2C3C=CC(C3)C2C(=O)N1c1ccc([N+](=O)[O-])c(C(F)(F)F)c1. The van der Waals surface area contributed by atoms with Crippen LogP contribution in [0.2, 0.25) is 0 Å². The van der Waals surface area contributed by atoms with E-state index in [0.717, 1.165) is 23.5 Å². The van der Waals surface area contributed by atoms with Crippen molar-refractivity contribution in [1.29, 1.82) is 5.26 Å². The van der Waals surface area contributed by atoms with E-state index in [9.17, 15) is 33.3 Å². The van der Waals surface area contributed by atoms with Crippen LogP contribution in [0, 0.1) is 45.1 Å². The predicted octanol–water partition coefficient (Wildman–Crippen LogP) is 3.29. The molecule has 1 saturated heterocycles. The zero-order valence-electron chi connectivity index (χ0n) is 13.2. The van der Waals surface area contributed by atoms with Gasteiger partial charge in [0.1, 0.15) is 11.6 Å². The number of hydrogen-bond acceptors (Lipinski definition) is 4. The number of halogens is 3. The van der Waals surface area contributed by atoms with E-state index in [0.29, 0.717) is 6.07 Å². The number of nitriles is 1. The predicted molar refractivity (Wildman–Crippen MR) is 82.7 cm³/mol. The van der Waals surface area contributed by atoms with Crippen LogP contribution in [0.1, 0.15) is 12.0 Å². The van der Waals surface area contributed by atoms with E-state index in [1.165, 1.54) is 0 Å². The number of rotatable bonds is 2. The minimum absolute atomic E-state index is 0.00140. The molecule has 1 saturated carbocycles. The van der Waals surface area contributed by atoms with E-state index in [1.807, 2.05) is 12.2 Å². The zero-order valence-corrected chi connectivity index (χ0v) is 13.2. The number of allylic oxidation sites excluding steroid dienone is 2. The number of carbonyl (C=O) groups is 1. The number of benzene rings is 1. The largest absolute Gasteiger partial charge is 0.423 e. The van der Waals surface area contributed by atoms with Crippen molar-refractivity contribution in [3.8, 4) is 6.07 Å². The molecule has 1 heterocycles. The number of anilines is 1. The summed E-state index contributed by atoms with van der Waals surface area (Å²) in [5.74, 6) is -1.01. The lowest BCUT2D eigenvalue weighted by atomic mass is 9.82. The fourth-order valence-corrected chi connectivity index (χ4v) is 4.60. The van der Waals surface area contributed by atoms with Crippen molar-refractivity contribution in [2.24, 2.45) is 23.7 Å². The average molecular weight is 363 g/mol. The first kappa shape index (κ1) is 16.6. The second-order valence-corrected chi connectivity index (χ2v) is 6.79. The molecule has 4 rings (SSSR count). The zero-order chi connectivity index (χ0) is 18.8. The highest BCUT2D eigenvalue weighted by atomic mass is 19.4. The Morgan fingerprint density at radius 1 is 1.27 bits per heavy atom. The quantitative estimate of drug-likeness (QED) is 0.458. The molecule has 1 aromatic carbocycles. The van der Waals surface area contributed by atoms with Gasteiger partial charge in [-0.2, -0.15) is 18.4 Å². The molecule has 2 bridgehead atoms. The highest BCUT2D eigenvalue weighted by molar-refractivity contribution is 6.00. The molecule has 9 heteroatoms. The number of alkyl halides is 3. The maximum absolute atomic E-state index is 13.2. The number of hydrogen-bond donors (Lipinski definition) is 0. The Morgan fingerprint density at radius 3 is 2.58 bits per heavy atom. The summed E-state index contributed by atoms with van der Waals surface area (Å²) in [6, 6.07) is 3.61. The highest BCUT2D eigenvalue weighted by Crippen LogP contribution is 2.55. The smallest absolute Gasteiger partial charge is 0.295 e. The van der Waals surface area contributed by atoms with E-state index < -0.39 is 34.3 Å². The highest BCUT2D eigenvalue weighted by Gasteiger charge is 2.59. The Balaban J connectivity index is 1.80. The molecule has 2 fully saturated rings. The number of nitro groups is 1. The molecule has 1 aromatic rings. The number of amides is 1. The Kier molecular flexibility index (Phi) is 3.38. The summed E-state index contributed by atoms with van der Waals surface area (Å²) in [4.78, 5) is 23.7. The van der Waals surface area contributed by atoms with E-state index in [-0.39, 0.29) is 29.3 Å². The summed E-state index contributed by atoms with van der Waals surface area (Å²) in [5, 5.41) is 20.5. The van der Waals surface area contributed by atoms with Gasteiger partial charge in [-0.15, -0.1) is 0 Å². The van der Waals surface area contributed by atoms with Crippen molar-refractivity contribution in [1.82, 2.24) is 0 Å². The summed E-state index contributed by atoms with van der Waals surface area (Å²) in [6.07, 6.45) is -0.274. The van der Waals surface area contributed by atoms with E-state index in [1.54, 1.807) is 0 Å². The molecule has 0 N–H and O–H groups in total. The van der Waals surface area contributed by atoms with Crippen LogP contribution < -0.4 is 4.90 Å². The van der Waals surface area contributed by atoms with Crippen molar-refractivity contribution in [2.75, 3.05) is 4.90 Å². The molecule has 3 aliphatic rings. The molecule has 0 radical (unpaired) electrons. The minimum atomic E-state index is -4.94. The Hall–Kier alpha value is -2.89. The molecule has 134 valence electrons. The second kappa shape index (κ2) is 5.30. The van der Waals surface area contributed by atoms with Crippen molar-refractivity contribution in [2.45, 2.75) is 18.6 Å². The van der Waals surface area contributed by atoms with Gasteiger partial charge in [0.15, 0.2) is 0 Å². The fourth-order valence-electron chi connectivity index (χ4n) is 4.60. The third kappa shape index (κ3) is 2.14. The standard InChI is InChI=1S/C17H12F3N3O3/c18-17(19,20)11-6-10(3-4-12(11)23(25)26)22-13(7-21)14-8-1-2-9(5-8)15(14)16(22)24/h1-4,6,8-9,13-15H,5H2. The number of fused-ring (bicyclic) bond motifs is 5. The van der Waals surface area contributed by atoms with Gasteiger partial charge < -0.3 is 0 Å². The normalized spacial score (nSPS) is 32.0. The molecule has 0 aromatic heterocycles. The topological polar surface area (TPSA) is 87.2 Å². The third-order valence-electron chi connectivity index (χ3n) is 5.58. The van der Waals surface area contributed by atoms with Crippen molar-refractivity contribution >= 4 is 17.3 Å². The molecular formula is C17H12F3N3O3. The van der Waals surface area contributed by atoms with Crippen LogP contribution >= 0.6 is 0 Å². The molecule has 26 heavy (non-hydrogen) atoms. The summed E-state index contributed by atoms with van der Waals surface area (Å²) < 4.78 is 39.7. The first-order valence-corrected chi connectivity index (χ1v) is 8.00. The van der Waals surface area contributed by atoms with E-state index in [2.05, 4.69) is 6.07 Å². The van der Waals surface area contributed by atoms with Crippen molar-refractivity contribution in [3.63, 3.8) is 0 Å². The van der Waals surface area contributed by atoms with Gasteiger partial charge in [-0.1, -0.05) is 12.2 Å². The summed E-state index contributed by atoms with van der Waals surface area (Å²) in [6.45, 7) is 0. The summed E-state index contributed by atoms with van der Waals surface area (Å²) >= 11 is 0. The van der Waals surface area contributed by atoms with Crippen LogP contribution in [0.25, 0.3) is 0 Å². The van der Waals surface area contributed by atoms with Crippen LogP contribution in [0.3, 0.4) is 0 Å². The Morgan fingerprint density at radius 2 is 1.96 bits per heavy atom. The molecule has 2 aliphatic carbocycles. The van der Waals surface area contributed by atoms with Gasteiger partial charge >= 0.3 is 6.18 Å². The summed E-state index contributed by atoms with van der Waals surface area (Å²) in [7, 11) is 0. The number of carbonyl (C=O) groups excluding carboxylic acids is 1. The lowest BCUT2D eigenvalue weighted by molar-refractivity contribution is -0.388. The van der Waals surface area contributed by atoms with Gasteiger partial charge in [0.2, 0.25) is 5.91 Å². The molecule has 5 unspecified atom stereocenters. The van der Waals surface area contributed by atoms with E-state index in [4.69, 9.17) is 0 Å². The van der Waals surface area contributed by atoms with E-state index >= 15 is 0 Å². The van der Waals surface area contributed by atoms with Gasteiger partial charge in [0.25, 0.3) is 5.69 Å². The Labute approximate surface area is 145 Å². The van der Waals surface area contributed by atoms with Crippen molar-refractivity contribution < 1.29 is 22.9 Å². The number of nitrogens with zero attached hydrogens (tertiary/aromatic N) is 3. The fraction of sp³-hybridized carbons (Fsp3) is 0.412. The monoisotopic (exact) mass is 363 g/mol. The Bertz CT molecular complexity index is 889. The van der Waals surface area contributed by atoms with Gasteiger partial charge in [-0.25, -0.2) is 0 Å². The first-order valence-electron chi connectivity index (χ1n) is 8.00. The average Bonchev–Trinajstić information content (AvgIpc) is 3.25. The van der Waals surface area contributed by atoms with Crippen LogP contribution in [0.4, 0.5) is 24.5 Å². The van der Waals surface area contributed by atoms with Crippen molar-refractivity contribution in [3.05, 3.63) is 46.0 Å². The molecule has 5 atom stereocenters. The molecule has 1 aliphatic heterocycles. The van der Waals surface area contributed by atoms with Crippen LogP contribution in [0.15, 0.2) is 30.4 Å². The lowest BCUT2D eigenvalue weighted by Crippen LogP contribution is -2.36. The molecule has 1 amide bonds. The van der Waals surface area contributed by atoms with Gasteiger partial charge in [-0.3, -0.25) is 19.8 Å². The molecular weight excluding hydrogens is 351 g/mol. The maximum Gasteiger partial charge on any atom is 0.423 e. The van der Waals surface area contributed by atoms with Gasteiger partial charge in [0.05, 0.1) is 16.9 Å². The first-order chi connectivity index (χ1) is 12.2. The van der Waals surface area contributed by atoms with Gasteiger partial charge in [0, 0.05) is 17.7 Å². The maximum atomic E-state index is 13.2. The number of nitro benzene ring substituents is 1. The third-order valence-corrected chi connectivity index (χ3v) is 5.58. The van der Waals surface area contributed by atoms with Gasteiger partial charge in [-0.05, 0) is 30.4 Å². The van der Waals surface area contributed by atoms with Crippen LogP contribution in [-0.4, -0.2) is 16.9 Å².